The minimum absolute atomic E-state index is 0.0615. The molecule has 0 saturated heterocycles. The number of hydrogen-bond donors (Lipinski definition) is 2. The molecule has 1 fully saturated rings. The molecule has 0 spiro atoms. The summed E-state index contributed by atoms with van der Waals surface area (Å²) in [6.45, 7) is 1.75. The molecular weight excluding hydrogens is 354 g/mol. The number of hydrogen-bond acceptors (Lipinski definition) is 6. The van der Waals surface area contributed by atoms with Gasteiger partial charge in [0.1, 0.15) is 5.82 Å². The number of benzene rings is 1. The van der Waals surface area contributed by atoms with Gasteiger partial charge >= 0.3 is 0 Å². The quantitative estimate of drug-likeness (QED) is 0.434. The SMILES string of the molecule is CC(Sc1n[nH]c(CC2CCCC2)n1)C(=O)Nc1cccc([N+](=O)[O-])c1. The first-order valence-electron chi connectivity index (χ1n) is 8.64. The van der Waals surface area contributed by atoms with Crippen LogP contribution in [0, 0.1) is 16.0 Å². The highest BCUT2D eigenvalue weighted by Crippen LogP contribution is 2.28. The van der Waals surface area contributed by atoms with E-state index in [0.717, 1.165) is 12.2 Å². The molecule has 1 aliphatic carbocycles. The number of nitro benzene ring substituents is 1. The zero-order chi connectivity index (χ0) is 18.5. The fraction of sp³-hybridized carbons (Fsp3) is 0.471. The minimum atomic E-state index is -0.493. The molecule has 1 heterocycles. The lowest BCUT2D eigenvalue weighted by Crippen LogP contribution is -2.22. The van der Waals surface area contributed by atoms with Gasteiger partial charge in [-0.25, -0.2) is 4.98 Å². The molecule has 1 aromatic carbocycles. The molecule has 3 rings (SSSR count). The van der Waals surface area contributed by atoms with Crippen LogP contribution in [0.5, 0.6) is 0 Å². The number of amides is 1. The summed E-state index contributed by atoms with van der Waals surface area (Å²) in [5, 5.41) is 20.8. The lowest BCUT2D eigenvalue weighted by Gasteiger charge is -2.10. The van der Waals surface area contributed by atoms with Crippen LogP contribution in [0.25, 0.3) is 0 Å². The van der Waals surface area contributed by atoms with Crippen LogP contribution in [0.1, 0.15) is 38.4 Å². The number of nitrogens with one attached hydrogen (secondary N) is 2. The summed E-state index contributed by atoms with van der Waals surface area (Å²) in [5.41, 5.74) is 0.335. The van der Waals surface area contributed by atoms with Gasteiger partial charge < -0.3 is 5.32 Å². The Morgan fingerprint density at radius 2 is 2.23 bits per heavy atom. The summed E-state index contributed by atoms with van der Waals surface area (Å²) < 4.78 is 0. The molecule has 1 aromatic heterocycles. The molecular formula is C17H21N5O3S. The molecule has 1 amide bonds. The molecule has 1 atom stereocenters. The third-order valence-electron chi connectivity index (χ3n) is 4.44. The second-order valence-electron chi connectivity index (χ2n) is 6.48. The Kier molecular flexibility index (Phi) is 5.87. The molecule has 1 unspecified atom stereocenters. The van der Waals surface area contributed by atoms with Crippen LogP contribution in [0.2, 0.25) is 0 Å². The van der Waals surface area contributed by atoms with Crippen LogP contribution in [-0.2, 0) is 11.2 Å². The molecule has 8 nitrogen and oxygen atoms in total. The Labute approximate surface area is 155 Å². The van der Waals surface area contributed by atoms with E-state index in [-0.39, 0.29) is 11.6 Å². The van der Waals surface area contributed by atoms with Gasteiger partial charge in [0.25, 0.3) is 5.69 Å². The van der Waals surface area contributed by atoms with E-state index in [0.29, 0.717) is 16.8 Å². The van der Waals surface area contributed by atoms with Crippen molar-refractivity contribution in [1.82, 2.24) is 15.2 Å². The summed E-state index contributed by atoms with van der Waals surface area (Å²) >= 11 is 1.26. The number of H-pyrrole nitrogens is 1. The number of rotatable bonds is 7. The van der Waals surface area contributed by atoms with E-state index in [1.807, 2.05) is 0 Å². The second-order valence-corrected chi connectivity index (χ2v) is 7.78. The summed E-state index contributed by atoms with van der Waals surface area (Å²) in [6.07, 6.45) is 5.96. The Balaban J connectivity index is 1.54. The van der Waals surface area contributed by atoms with Crippen LogP contribution in [0.15, 0.2) is 29.4 Å². The normalized spacial score (nSPS) is 15.7. The third-order valence-corrected chi connectivity index (χ3v) is 5.40. The molecule has 0 radical (unpaired) electrons. The van der Waals surface area contributed by atoms with Crippen LogP contribution in [0.4, 0.5) is 11.4 Å². The summed E-state index contributed by atoms with van der Waals surface area (Å²) in [6, 6.07) is 5.88. The molecule has 2 aromatic rings. The maximum atomic E-state index is 12.3. The number of non-ortho nitro benzene ring substituents is 1. The van der Waals surface area contributed by atoms with Crippen molar-refractivity contribution in [2.24, 2.45) is 5.92 Å². The summed E-state index contributed by atoms with van der Waals surface area (Å²) in [4.78, 5) is 27.1. The molecule has 9 heteroatoms. The van der Waals surface area contributed by atoms with Gasteiger partial charge in [0.2, 0.25) is 11.1 Å². The van der Waals surface area contributed by atoms with Crippen molar-refractivity contribution in [3.8, 4) is 0 Å². The van der Waals surface area contributed by atoms with Crippen LogP contribution in [-0.4, -0.2) is 31.3 Å². The number of anilines is 1. The summed E-state index contributed by atoms with van der Waals surface area (Å²) in [7, 11) is 0. The van der Waals surface area contributed by atoms with Gasteiger partial charge in [-0.15, -0.1) is 5.10 Å². The average molecular weight is 375 g/mol. The van der Waals surface area contributed by atoms with Gasteiger partial charge in [-0.2, -0.15) is 0 Å². The van der Waals surface area contributed by atoms with Crippen molar-refractivity contribution in [1.29, 1.82) is 0 Å². The van der Waals surface area contributed by atoms with E-state index in [1.165, 1.54) is 55.6 Å². The molecule has 2 N–H and O–H groups in total. The van der Waals surface area contributed by atoms with Crippen LogP contribution >= 0.6 is 11.8 Å². The zero-order valence-electron chi connectivity index (χ0n) is 14.5. The van der Waals surface area contributed by atoms with Crippen molar-refractivity contribution >= 4 is 29.0 Å². The zero-order valence-corrected chi connectivity index (χ0v) is 15.3. The number of aromatic amines is 1. The average Bonchev–Trinajstić information content (AvgIpc) is 3.27. The molecule has 138 valence electrons. The first-order valence-corrected chi connectivity index (χ1v) is 9.52. The minimum Gasteiger partial charge on any atom is -0.325 e. The molecule has 0 bridgehead atoms. The fourth-order valence-electron chi connectivity index (χ4n) is 3.06. The standard InChI is InChI=1S/C17H21N5O3S/c1-11(16(23)18-13-7-4-8-14(10-13)22(24)25)26-17-19-15(20-21-17)9-12-5-2-3-6-12/h4,7-8,10-12H,2-3,5-6,9H2,1H3,(H,18,23)(H,19,20,21). The highest BCUT2D eigenvalue weighted by molar-refractivity contribution is 8.00. The van der Waals surface area contributed by atoms with Crippen molar-refractivity contribution in [3.05, 3.63) is 40.2 Å². The Morgan fingerprint density at radius 1 is 1.46 bits per heavy atom. The maximum absolute atomic E-state index is 12.3. The largest absolute Gasteiger partial charge is 0.325 e. The van der Waals surface area contributed by atoms with E-state index in [2.05, 4.69) is 20.5 Å². The number of nitro groups is 1. The van der Waals surface area contributed by atoms with E-state index in [4.69, 9.17) is 0 Å². The predicted octanol–water partition coefficient (Wildman–Crippen LogP) is 3.56. The van der Waals surface area contributed by atoms with Gasteiger partial charge in [-0.1, -0.05) is 43.5 Å². The molecule has 1 aliphatic rings. The van der Waals surface area contributed by atoms with Crippen molar-refractivity contribution in [3.63, 3.8) is 0 Å². The van der Waals surface area contributed by atoms with E-state index >= 15 is 0 Å². The van der Waals surface area contributed by atoms with Crippen molar-refractivity contribution in [2.75, 3.05) is 5.32 Å². The molecule has 26 heavy (non-hydrogen) atoms. The van der Waals surface area contributed by atoms with Crippen LogP contribution < -0.4 is 5.32 Å². The lowest BCUT2D eigenvalue weighted by molar-refractivity contribution is -0.384. The third kappa shape index (κ3) is 4.81. The lowest BCUT2D eigenvalue weighted by atomic mass is 10.0. The van der Waals surface area contributed by atoms with E-state index in [1.54, 1.807) is 13.0 Å². The van der Waals surface area contributed by atoms with E-state index in [9.17, 15) is 14.9 Å². The van der Waals surface area contributed by atoms with Gasteiger partial charge in [-0.05, 0) is 18.9 Å². The number of thioether (sulfide) groups is 1. The fourth-order valence-corrected chi connectivity index (χ4v) is 3.81. The maximum Gasteiger partial charge on any atom is 0.271 e. The van der Waals surface area contributed by atoms with Gasteiger partial charge in [0.05, 0.1) is 10.2 Å². The van der Waals surface area contributed by atoms with Crippen molar-refractivity contribution < 1.29 is 9.72 Å². The smallest absolute Gasteiger partial charge is 0.271 e. The number of nitrogens with zero attached hydrogens (tertiary/aromatic N) is 3. The highest BCUT2D eigenvalue weighted by Gasteiger charge is 2.20. The van der Waals surface area contributed by atoms with E-state index < -0.39 is 10.2 Å². The van der Waals surface area contributed by atoms with Gasteiger partial charge in [0, 0.05) is 24.2 Å². The Hall–Kier alpha value is -2.42. The molecule has 0 aliphatic heterocycles. The van der Waals surface area contributed by atoms with Crippen molar-refractivity contribution in [2.45, 2.75) is 49.4 Å². The molecule has 1 saturated carbocycles. The second kappa shape index (κ2) is 8.31. The first kappa shape index (κ1) is 18.4. The van der Waals surface area contributed by atoms with Gasteiger partial charge in [0.15, 0.2) is 0 Å². The number of carbonyl (C=O) groups is 1. The summed E-state index contributed by atoms with van der Waals surface area (Å²) in [5.74, 6) is 1.29. The Bertz CT molecular complexity index is 788. The first-order chi connectivity index (χ1) is 12.5. The van der Waals surface area contributed by atoms with Crippen LogP contribution in [0.3, 0.4) is 0 Å². The number of aromatic nitrogens is 3. The topological polar surface area (TPSA) is 114 Å². The highest BCUT2D eigenvalue weighted by atomic mass is 32.2. The predicted molar refractivity (Wildman–Crippen MR) is 99.1 cm³/mol. The Morgan fingerprint density at radius 3 is 2.96 bits per heavy atom. The van der Waals surface area contributed by atoms with Gasteiger partial charge in [-0.3, -0.25) is 20.0 Å². The monoisotopic (exact) mass is 375 g/mol. The number of carbonyl (C=O) groups excluding carboxylic acids is 1.